The molecule has 1 heterocycles. The molecule has 8 heteroatoms. The van der Waals surface area contributed by atoms with Gasteiger partial charge in [-0.2, -0.15) is 0 Å². The first-order valence-electron chi connectivity index (χ1n) is 10.0. The molecule has 0 spiro atoms. The fraction of sp³-hybridized carbons (Fsp3) is 0.167. The van der Waals surface area contributed by atoms with E-state index in [9.17, 15) is 9.59 Å². The summed E-state index contributed by atoms with van der Waals surface area (Å²) in [6, 6.07) is 22.2. The number of hydrazine groups is 1. The molecule has 0 fully saturated rings. The molecule has 0 saturated heterocycles. The van der Waals surface area contributed by atoms with Gasteiger partial charge in [0.25, 0.3) is 0 Å². The summed E-state index contributed by atoms with van der Waals surface area (Å²) in [6.07, 6.45) is 0. The number of urea groups is 1. The first-order chi connectivity index (χ1) is 15.5. The van der Waals surface area contributed by atoms with Crippen molar-refractivity contribution in [2.24, 2.45) is 0 Å². The van der Waals surface area contributed by atoms with Crippen molar-refractivity contribution in [2.45, 2.75) is 6.04 Å². The predicted molar refractivity (Wildman–Crippen MR) is 117 cm³/mol. The standard InChI is InChI=1S/C24H23N3O5/c1-26(2)25-24(29)27(32-22(28)16-30-17-10-4-3-5-11-17)23-18-12-6-8-14-20(18)31-21-15-9-7-13-19(21)23/h3-15,23H,16H2,1-2H3,(H,25,29). The lowest BCUT2D eigenvalue weighted by Crippen LogP contribution is -2.49. The van der Waals surface area contributed by atoms with Gasteiger partial charge in [-0.05, 0) is 24.3 Å². The Labute approximate surface area is 185 Å². The monoisotopic (exact) mass is 433 g/mol. The third-order valence-electron chi connectivity index (χ3n) is 4.70. The van der Waals surface area contributed by atoms with E-state index < -0.39 is 18.0 Å². The molecular formula is C24H23N3O5. The van der Waals surface area contributed by atoms with Gasteiger partial charge < -0.3 is 14.3 Å². The zero-order valence-corrected chi connectivity index (χ0v) is 17.7. The maximum atomic E-state index is 13.1. The van der Waals surface area contributed by atoms with Crippen LogP contribution < -0.4 is 14.9 Å². The summed E-state index contributed by atoms with van der Waals surface area (Å²) < 4.78 is 11.5. The summed E-state index contributed by atoms with van der Waals surface area (Å²) in [7, 11) is 3.34. The minimum Gasteiger partial charge on any atom is -0.482 e. The molecule has 1 aliphatic rings. The summed E-state index contributed by atoms with van der Waals surface area (Å²) in [6.45, 7) is -0.359. The third kappa shape index (κ3) is 4.65. The van der Waals surface area contributed by atoms with E-state index in [-0.39, 0.29) is 6.61 Å². The fourth-order valence-corrected chi connectivity index (χ4v) is 3.38. The SMILES string of the molecule is CN(C)NC(=O)N(OC(=O)COc1ccccc1)C1c2ccccc2Oc2ccccc21. The Morgan fingerprint density at radius 2 is 1.44 bits per heavy atom. The number of fused-ring (bicyclic) bond motifs is 2. The van der Waals surface area contributed by atoms with Crippen molar-refractivity contribution in [2.75, 3.05) is 20.7 Å². The average Bonchev–Trinajstić information content (AvgIpc) is 2.80. The number of benzene rings is 3. The number of hydrogen-bond acceptors (Lipinski definition) is 6. The molecule has 0 aliphatic carbocycles. The van der Waals surface area contributed by atoms with Crippen LogP contribution in [0.15, 0.2) is 78.9 Å². The second-order valence-corrected chi connectivity index (χ2v) is 7.28. The van der Waals surface area contributed by atoms with Crippen LogP contribution in [0.2, 0.25) is 0 Å². The number of amides is 2. The highest BCUT2D eigenvalue weighted by atomic mass is 16.7. The van der Waals surface area contributed by atoms with E-state index in [4.69, 9.17) is 14.3 Å². The highest BCUT2D eigenvalue weighted by Crippen LogP contribution is 2.45. The third-order valence-corrected chi connectivity index (χ3v) is 4.70. The first kappa shape index (κ1) is 21.2. The molecule has 0 bridgehead atoms. The number of carbonyl (C=O) groups is 2. The summed E-state index contributed by atoms with van der Waals surface area (Å²) in [5.41, 5.74) is 4.03. The number of para-hydroxylation sites is 3. The molecule has 0 atom stereocenters. The van der Waals surface area contributed by atoms with Gasteiger partial charge >= 0.3 is 12.0 Å². The van der Waals surface area contributed by atoms with Crippen LogP contribution in [0.5, 0.6) is 17.2 Å². The zero-order valence-electron chi connectivity index (χ0n) is 17.7. The van der Waals surface area contributed by atoms with Crippen LogP contribution in [0, 0.1) is 0 Å². The Morgan fingerprint density at radius 1 is 0.875 bits per heavy atom. The molecule has 0 aromatic heterocycles. The van der Waals surface area contributed by atoms with Crippen LogP contribution in [0.25, 0.3) is 0 Å². The molecule has 4 rings (SSSR count). The van der Waals surface area contributed by atoms with Gasteiger partial charge in [-0.1, -0.05) is 54.6 Å². The van der Waals surface area contributed by atoms with Crippen LogP contribution in [0.3, 0.4) is 0 Å². The Morgan fingerprint density at radius 3 is 2.03 bits per heavy atom. The molecular weight excluding hydrogens is 410 g/mol. The Balaban J connectivity index is 1.65. The van der Waals surface area contributed by atoms with Gasteiger partial charge in [0.05, 0.1) is 0 Å². The normalized spacial score (nSPS) is 12.2. The van der Waals surface area contributed by atoms with Crippen LogP contribution in [-0.4, -0.2) is 42.8 Å². The van der Waals surface area contributed by atoms with Gasteiger partial charge in [-0.25, -0.2) is 14.6 Å². The van der Waals surface area contributed by atoms with Gasteiger partial charge in [-0.15, -0.1) is 5.06 Å². The van der Waals surface area contributed by atoms with Crippen LogP contribution in [-0.2, 0) is 9.63 Å². The molecule has 32 heavy (non-hydrogen) atoms. The van der Waals surface area contributed by atoms with Crippen molar-refractivity contribution in [3.8, 4) is 17.2 Å². The number of carbonyl (C=O) groups excluding carboxylic acids is 2. The number of nitrogens with one attached hydrogen (secondary N) is 1. The molecule has 3 aromatic rings. The highest BCUT2D eigenvalue weighted by Gasteiger charge is 2.37. The topological polar surface area (TPSA) is 80.3 Å². The number of hydroxylamine groups is 2. The van der Waals surface area contributed by atoms with Crippen LogP contribution in [0.4, 0.5) is 4.79 Å². The van der Waals surface area contributed by atoms with Gasteiger partial charge in [0.15, 0.2) is 6.61 Å². The number of rotatable bonds is 5. The molecule has 0 unspecified atom stereocenters. The Hall–Kier alpha value is -4.04. The van der Waals surface area contributed by atoms with E-state index >= 15 is 0 Å². The largest absolute Gasteiger partial charge is 0.482 e. The molecule has 164 valence electrons. The second-order valence-electron chi connectivity index (χ2n) is 7.28. The van der Waals surface area contributed by atoms with E-state index in [0.29, 0.717) is 28.4 Å². The van der Waals surface area contributed by atoms with Crippen molar-refractivity contribution in [3.63, 3.8) is 0 Å². The van der Waals surface area contributed by atoms with E-state index in [0.717, 1.165) is 5.06 Å². The molecule has 3 aromatic carbocycles. The number of hydrogen-bond donors (Lipinski definition) is 1. The molecule has 1 N–H and O–H groups in total. The van der Waals surface area contributed by atoms with Crippen molar-refractivity contribution in [3.05, 3.63) is 90.0 Å². The summed E-state index contributed by atoms with van der Waals surface area (Å²) in [5.74, 6) is 0.964. The van der Waals surface area contributed by atoms with Crippen molar-refractivity contribution in [1.82, 2.24) is 15.5 Å². The van der Waals surface area contributed by atoms with Crippen molar-refractivity contribution in [1.29, 1.82) is 0 Å². The second kappa shape index (κ2) is 9.40. The molecule has 8 nitrogen and oxygen atoms in total. The molecule has 1 aliphatic heterocycles. The van der Waals surface area contributed by atoms with Crippen molar-refractivity contribution < 1.29 is 23.9 Å². The number of nitrogens with zero attached hydrogens (tertiary/aromatic N) is 2. The predicted octanol–water partition coefficient (Wildman–Crippen LogP) is 3.91. The minimum atomic E-state index is -0.718. The summed E-state index contributed by atoms with van der Waals surface area (Å²) >= 11 is 0. The summed E-state index contributed by atoms with van der Waals surface area (Å²) in [4.78, 5) is 31.3. The molecule has 0 saturated carbocycles. The van der Waals surface area contributed by atoms with Gasteiger partial charge in [-0.3, -0.25) is 5.43 Å². The summed E-state index contributed by atoms with van der Waals surface area (Å²) in [5, 5.41) is 2.50. The van der Waals surface area contributed by atoms with Gasteiger partial charge in [0, 0.05) is 25.2 Å². The number of ether oxygens (including phenoxy) is 2. The maximum absolute atomic E-state index is 13.1. The van der Waals surface area contributed by atoms with Gasteiger partial charge in [0.2, 0.25) is 0 Å². The van der Waals surface area contributed by atoms with Gasteiger partial charge in [0.1, 0.15) is 23.3 Å². The highest BCUT2D eigenvalue weighted by molar-refractivity contribution is 5.78. The van der Waals surface area contributed by atoms with Crippen LogP contribution in [0.1, 0.15) is 17.2 Å². The van der Waals surface area contributed by atoms with E-state index in [1.807, 2.05) is 42.5 Å². The minimum absolute atomic E-state index is 0.359. The quantitative estimate of drug-likeness (QED) is 0.615. The zero-order chi connectivity index (χ0) is 22.5. The van der Waals surface area contributed by atoms with E-state index in [1.54, 1.807) is 50.5 Å². The smallest absolute Gasteiger partial charge is 0.369 e. The molecule has 2 amide bonds. The van der Waals surface area contributed by atoms with E-state index in [2.05, 4.69) is 5.43 Å². The lowest BCUT2D eigenvalue weighted by molar-refractivity contribution is -0.186. The maximum Gasteiger partial charge on any atom is 0.369 e. The van der Waals surface area contributed by atoms with Crippen molar-refractivity contribution >= 4 is 12.0 Å². The Bertz CT molecular complexity index is 1060. The fourth-order valence-electron chi connectivity index (χ4n) is 3.38. The van der Waals surface area contributed by atoms with E-state index in [1.165, 1.54) is 5.01 Å². The molecule has 0 radical (unpaired) electrons. The average molecular weight is 433 g/mol. The first-order valence-corrected chi connectivity index (χ1v) is 10.0. The lowest BCUT2D eigenvalue weighted by atomic mass is 9.94. The lowest BCUT2D eigenvalue weighted by Gasteiger charge is -2.35. The van der Waals surface area contributed by atoms with Crippen LogP contribution >= 0.6 is 0 Å². The Kier molecular flexibility index (Phi) is 6.23.